The molecule has 1 aromatic heterocycles. The Morgan fingerprint density at radius 2 is 2.29 bits per heavy atom. The van der Waals surface area contributed by atoms with Gasteiger partial charge in [0.1, 0.15) is 0 Å². The van der Waals surface area contributed by atoms with Crippen LogP contribution in [0.5, 0.6) is 0 Å². The molecular weight excluding hydrogens is 137 g/mol. The van der Waals surface area contributed by atoms with Gasteiger partial charge in [0.05, 0.1) is 5.15 Å². The molecule has 0 saturated heterocycles. The smallest absolute Gasteiger partial charge is 0.375 e. The van der Waals surface area contributed by atoms with E-state index in [1.807, 2.05) is 0 Å². The fraction of sp³-hybridized carbons (Fsp3) is 0. The van der Waals surface area contributed by atoms with Crippen LogP contribution in [0.15, 0.2) is 4.42 Å². The molecule has 0 amide bonds. The summed E-state index contributed by atoms with van der Waals surface area (Å²) in [6, 6.07) is 0. The number of aromatic nitrogens is 1. The average molecular weight is 138 g/mol. The minimum absolute atomic E-state index is 0.140. The fourth-order valence-corrected chi connectivity index (χ4v) is 0.372. The van der Waals surface area contributed by atoms with Gasteiger partial charge in [0, 0.05) is 0 Å². The molecule has 0 aliphatic carbocycles. The third-order valence-corrected chi connectivity index (χ3v) is 1.10. The zero-order chi connectivity index (χ0) is 5.28. The lowest BCUT2D eigenvalue weighted by Gasteiger charge is -1.74. The summed E-state index contributed by atoms with van der Waals surface area (Å²) in [5, 5.41) is 0.420. The molecule has 0 aromatic carbocycles. The van der Waals surface area contributed by atoms with Gasteiger partial charge in [0.25, 0.3) is 0 Å². The van der Waals surface area contributed by atoms with Gasteiger partial charge >= 0.3 is 11.6 Å². The Labute approximate surface area is 50.1 Å². The summed E-state index contributed by atoms with van der Waals surface area (Å²) in [5.41, 5.74) is 0. The molecule has 0 aliphatic heterocycles. The van der Waals surface area contributed by atoms with Crippen molar-refractivity contribution in [2.45, 2.75) is 0 Å². The Bertz CT molecular complexity index is 145. The monoisotopic (exact) mass is 137 g/mol. The summed E-state index contributed by atoms with van der Waals surface area (Å²) in [5.74, 6) is 0. The van der Waals surface area contributed by atoms with Crippen LogP contribution in [0.3, 0.4) is 0 Å². The first kappa shape index (κ1) is 4.94. The maximum Gasteiger partial charge on any atom is 0.384 e. The average Bonchev–Trinajstić information content (AvgIpc) is 1.91. The zero-order valence-corrected chi connectivity index (χ0v) is 4.68. The first-order chi connectivity index (χ1) is 3.30. The molecule has 0 atom stereocenters. The van der Waals surface area contributed by atoms with Crippen LogP contribution in [0.25, 0.3) is 0 Å². The van der Waals surface area contributed by atoms with Gasteiger partial charge in [0.2, 0.25) is 0 Å². The van der Waals surface area contributed by atoms with E-state index in [2.05, 4.69) is 15.8 Å². The number of oxazole rings is 1. The van der Waals surface area contributed by atoms with E-state index in [4.69, 9.17) is 23.2 Å². The predicted octanol–water partition coefficient (Wildman–Crippen LogP) is 2.00. The summed E-state index contributed by atoms with van der Waals surface area (Å²) >= 11 is 10.6. The van der Waals surface area contributed by atoms with Crippen LogP contribution in [-0.2, 0) is 0 Å². The fourth-order valence-electron chi connectivity index (χ4n) is 0.209. The van der Waals surface area contributed by atoms with Gasteiger partial charge in [0.15, 0.2) is 0 Å². The second-order valence-corrected chi connectivity index (χ2v) is 1.64. The van der Waals surface area contributed by atoms with Crippen LogP contribution < -0.4 is 0 Å². The van der Waals surface area contributed by atoms with Gasteiger partial charge in [-0.25, -0.2) is 0 Å². The lowest BCUT2D eigenvalue weighted by molar-refractivity contribution is 0.550. The highest BCUT2D eigenvalue weighted by Crippen LogP contribution is 2.17. The van der Waals surface area contributed by atoms with E-state index < -0.39 is 0 Å². The van der Waals surface area contributed by atoms with Crippen LogP contribution in [0.4, 0.5) is 0 Å². The topological polar surface area (TPSA) is 27.1 Å². The normalized spacial score (nSPS) is 9.43. The second-order valence-electron chi connectivity index (χ2n) is 0.917. The van der Waals surface area contributed by atoms with Crippen molar-refractivity contribution in [2.24, 2.45) is 0 Å². The summed E-state index contributed by atoms with van der Waals surface area (Å²) in [7, 11) is 0. The molecule has 1 rings (SSSR count). The number of rotatable bonds is 0. The third kappa shape index (κ3) is 0.868. The number of halogens is 2. The summed E-state index contributed by atoms with van der Waals surface area (Å²) in [6.45, 7) is 0. The van der Waals surface area contributed by atoms with E-state index >= 15 is 0 Å². The van der Waals surface area contributed by atoms with Crippen molar-refractivity contribution in [2.75, 3.05) is 0 Å². The molecule has 1 N–H and O–H groups in total. The van der Waals surface area contributed by atoms with Crippen LogP contribution in [0, 0.1) is 6.39 Å². The van der Waals surface area contributed by atoms with E-state index in [9.17, 15) is 0 Å². The van der Waals surface area contributed by atoms with Gasteiger partial charge < -0.3 is 9.40 Å². The molecule has 2 nitrogen and oxygen atoms in total. The minimum atomic E-state index is 0.140. The van der Waals surface area contributed by atoms with Crippen molar-refractivity contribution in [3.63, 3.8) is 0 Å². The lowest BCUT2D eigenvalue weighted by Crippen LogP contribution is -1.54. The van der Waals surface area contributed by atoms with E-state index in [1.165, 1.54) is 0 Å². The van der Waals surface area contributed by atoms with Gasteiger partial charge in [-0.3, -0.25) is 0 Å². The van der Waals surface area contributed by atoms with Crippen LogP contribution in [0.2, 0.25) is 10.4 Å². The number of hydrogen-bond donors (Lipinski definition) is 1. The zero-order valence-electron chi connectivity index (χ0n) is 3.16. The highest BCUT2D eigenvalue weighted by molar-refractivity contribution is 6.39. The van der Waals surface area contributed by atoms with E-state index in [0.29, 0.717) is 0 Å². The Kier molecular flexibility index (Phi) is 1.21. The number of nitrogens with one attached hydrogen (secondary N) is 1. The molecule has 0 unspecified atom stereocenters. The van der Waals surface area contributed by atoms with Crippen molar-refractivity contribution < 1.29 is 4.42 Å². The highest BCUT2D eigenvalue weighted by Gasteiger charge is 1.96. The molecule has 7 heavy (non-hydrogen) atoms. The Morgan fingerprint density at radius 1 is 1.57 bits per heavy atom. The molecule has 0 aliphatic rings. The number of aromatic amines is 1. The van der Waals surface area contributed by atoms with Gasteiger partial charge in [-0.1, -0.05) is 11.6 Å². The molecule has 0 fully saturated rings. The molecule has 1 heterocycles. The van der Waals surface area contributed by atoms with Gasteiger partial charge in [-0.05, 0) is 0 Å². The van der Waals surface area contributed by atoms with Crippen LogP contribution in [-0.4, -0.2) is 4.98 Å². The summed E-state index contributed by atoms with van der Waals surface area (Å²) in [4.78, 5) is 2.41. The Balaban J connectivity index is 3.12. The Hall–Kier alpha value is -0.210. The number of hydrogen-bond acceptors (Lipinski definition) is 0. The quantitative estimate of drug-likeness (QED) is 0.430. The van der Waals surface area contributed by atoms with Crippen molar-refractivity contribution in [3.05, 3.63) is 16.8 Å². The minimum Gasteiger partial charge on any atom is -0.375 e. The standard InChI is InChI=1S/C3HCl2NO/c4-2-3(5)7-1-6-2/h6H. The van der Waals surface area contributed by atoms with Crippen molar-refractivity contribution in [3.8, 4) is 0 Å². The van der Waals surface area contributed by atoms with E-state index in [-0.39, 0.29) is 10.4 Å². The molecule has 0 radical (unpaired) electrons. The van der Waals surface area contributed by atoms with E-state index in [1.54, 1.807) is 0 Å². The first-order valence-corrected chi connectivity index (χ1v) is 2.29. The molecular formula is C3HCl2NO. The largest absolute Gasteiger partial charge is 0.384 e. The molecule has 4 heteroatoms. The summed E-state index contributed by atoms with van der Waals surface area (Å²) in [6.07, 6.45) is 2.23. The summed E-state index contributed by atoms with van der Waals surface area (Å²) < 4.78 is 4.42. The number of H-pyrrole nitrogens is 1. The Morgan fingerprint density at radius 3 is 2.43 bits per heavy atom. The lowest BCUT2D eigenvalue weighted by atomic mass is 11.0. The third-order valence-electron chi connectivity index (χ3n) is 0.474. The maximum absolute atomic E-state index is 5.31. The molecule has 0 spiro atoms. The molecule has 38 valence electrons. The van der Waals surface area contributed by atoms with Crippen LogP contribution >= 0.6 is 23.2 Å². The SMILES string of the molecule is Clc1[nH][c-][o+]c1Cl. The van der Waals surface area contributed by atoms with Crippen molar-refractivity contribution >= 4 is 23.2 Å². The maximum atomic E-state index is 5.31. The van der Waals surface area contributed by atoms with Gasteiger partial charge in [-0.15, -0.1) is 0 Å². The highest BCUT2D eigenvalue weighted by atomic mass is 35.5. The van der Waals surface area contributed by atoms with Gasteiger partial charge in [-0.2, -0.15) is 11.6 Å². The van der Waals surface area contributed by atoms with Crippen molar-refractivity contribution in [1.82, 2.24) is 4.98 Å². The predicted molar refractivity (Wildman–Crippen MR) is 26.3 cm³/mol. The molecule has 1 aromatic rings. The van der Waals surface area contributed by atoms with Crippen molar-refractivity contribution in [1.29, 1.82) is 0 Å². The van der Waals surface area contributed by atoms with Crippen LogP contribution in [0.1, 0.15) is 0 Å². The molecule has 0 bridgehead atoms. The molecule has 0 saturated carbocycles. The van der Waals surface area contributed by atoms with E-state index in [0.717, 1.165) is 0 Å². The first-order valence-electron chi connectivity index (χ1n) is 1.54. The second kappa shape index (κ2) is 1.72.